The van der Waals surface area contributed by atoms with Gasteiger partial charge in [0.1, 0.15) is 0 Å². The first-order valence-electron chi connectivity index (χ1n) is 7.28. The Morgan fingerprint density at radius 2 is 2.11 bits per heavy atom. The molecule has 18 heavy (non-hydrogen) atoms. The fourth-order valence-electron chi connectivity index (χ4n) is 3.05. The predicted molar refractivity (Wildman–Crippen MR) is 79.0 cm³/mol. The first-order chi connectivity index (χ1) is 8.70. The Morgan fingerprint density at radius 1 is 1.33 bits per heavy atom. The van der Waals surface area contributed by atoms with Crippen molar-refractivity contribution in [2.75, 3.05) is 13.1 Å². The molecule has 0 aliphatic heterocycles. The zero-order valence-corrected chi connectivity index (χ0v) is 12.6. The van der Waals surface area contributed by atoms with Gasteiger partial charge in [-0.2, -0.15) is 0 Å². The maximum absolute atomic E-state index is 4.49. The maximum atomic E-state index is 4.49. The Morgan fingerprint density at radius 3 is 2.72 bits per heavy atom. The van der Waals surface area contributed by atoms with E-state index in [1.54, 1.807) is 11.3 Å². The monoisotopic (exact) mass is 266 g/mol. The number of hydrogen-bond donors (Lipinski definition) is 1. The van der Waals surface area contributed by atoms with E-state index in [2.05, 4.69) is 29.5 Å². The van der Waals surface area contributed by atoms with Gasteiger partial charge in [0.15, 0.2) is 0 Å². The van der Waals surface area contributed by atoms with E-state index in [0.717, 1.165) is 12.5 Å². The minimum Gasteiger partial charge on any atom is -0.316 e. The predicted octanol–water partition coefficient (Wildman–Crippen LogP) is 3.88. The lowest BCUT2D eigenvalue weighted by atomic mass is 9.71. The molecule has 0 amide bonds. The normalized spacial score (nSPS) is 19.3. The molecule has 102 valence electrons. The second-order valence-corrected chi connectivity index (χ2v) is 6.96. The van der Waals surface area contributed by atoms with Gasteiger partial charge in [-0.15, -0.1) is 11.3 Å². The van der Waals surface area contributed by atoms with E-state index in [1.165, 1.54) is 50.8 Å². The number of hydrogen-bond acceptors (Lipinski definition) is 3. The van der Waals surface area contributed by atoms with Gasteiger partial charge in [0, 0.05) is 11.9 Å². The van der Waals surface area contributed by atoms with E-state index >= 15 is 0 Å². The molecule has 1 aromatic heterocycles. The first-order valence-corrected chi connectivity index (χ1v) is 8.22. The molecule has 0 atom stereocenters. The van der Waals surface area contributed by atoms with Crippen LogP contribution in [0, 0.1) is 11.3 Å². The number of aromatic nitrogens is 1. The van der Waals surface area contributed by atoms with Gasteiger partial charge in [-0.05, 0) is 37.1 Å². The highest BCUT2D eigenvalue weighted by Gasteiger charge is 2.32. The Hall–Kier alpha value is -0.410. The van der Waals surface area contributed by atoms with Crippen molar-refractivity contribution in [2.24, 2.45) is 11.3 Å². The first kappa shape index (κ1) is 14.0. The second kappa shape index (κ2) is 6.67. The molecule has 0 saturated heterocycles. The van der Waals surface area contributed by atoms with Crippen LogP contribution in [0.2, 0.25) is 0 Å². The highest BCUT2D eigenvalue weighted by Crippen LogP contribution is 2.38. The highest BCUT2D eigenvalue weighted by molar-refractivity contribution is 7.07. The van der Waals surface area contributed by atoms with Crippen LogP contribution in [-0.4, -0.2) is 18.1 Å². The third-order valence-corrected chi connectivity index (χ3v) is 4.64. The lowest BCUT2D eigenvalue weighted by Crippen LogP contribution is -2.39. The van der Waals surface area contributed by atoms with Crippen LogP contribution >= 0.6 is 11.3 Å². The molecule has 1 aromatic rings. The summed E-state index contributed by atoms with van der Waals surface area (Å²) >= 11 is 1.72. The van der Waals surface area contributed by atoms with Gasteiger partial charge in [-0.1, -0.05) is 33.1 Å². The van der Waals surface area contributed by atoms with Crippen molar-refractivity contribution in [3.8, 4) is 0 Å². The Labute approximate surface area is 115 Å². The molecular formula is C15H26N2S. The molecule has 1 saturated carbocycles. The van der Waals surface area contributed by atoms with Crippen molar-refractivity contribution in [3.05, 3.63) is 16.6 Å². The third-order valence-electron chi connectivity index (χ3n) is 4.01. The van der Waals surface area contributed by atoms with Crippen molar-refractivity contribution < 1.29 is 0 Å². The summed E-state index contributed by atoms with van der Waals surface area (Å²) in [6.07, 6.45) is 8.12. The summed E-state index contributed by atoms with van der Waals surface area (Å²) in [5.41, 5.74) is 3.74. The molecule has 0 spiro atoms. The fraction of sp³-hybridized carbons (Fsp3) is 0.800. The van der Waals surface area contributed by atoms with Crippen molar-refractivity contribution in [2.45, 2.75) is 52.4 Å². The lowest BCUT2D eigenvalue weighted by Gasteiger charge is -2.37. The Balaban J connectivity index is 1.94. The molecule has 1 fully saturated rings. The fourth-order valence-corrected chi connectivity index (χ4v) is 3.61. The van der Waals surface area contributed by atoms with Crippen LogP contribution in [0.1, 0.15) is 51.6 Å². The topological polar surface area (TPSA) is 24.9 Å². The van der Waals surface area contributed by atoms with Crippen LogP contribution in [0.15, 0.2) is 10.9 Å². The van der Waals surface area contributed by atoms with Crippen molar-refractivity contribution in [3.63, 3.8) is 0 Å². The maximum Gasteiger partial charge on any atom is 0.0794 e. The van der Waals surface area contributed by atoms with Gasteiger partial charge in [-0.3, -0.25) is 0 Å². The number of rotatable bonds is 6. The van der Waals surface area contributed by atoms with Crippen molar-refractivity contribution >= 4 is 11.3 Å². The van der Waals surface area contributed by atoms with E-state index in [0.29, 0.717) is 5.41 Å². The zero-order valence-electron chi connectivity index (χ0n) is 11.7. The molecular weight excluding hydrogens is 240 g/mol. The van der Waals surface area contributed by atoms with Gasteiger partial charge in [-0.25, -0.2) is 4.98 Å². The number of thiazole rings is 1. The number of nitrogens with zero attached hydrogens (tertiary/aromatic N) is 1. The summed E-state index contributed by atoms with van der Waals surface area (Å²) in [6, 6.07) is 0. The summed E-state index contributed by atoms with van der Waals surface area (Å²) < 4.78 is 0. The highest BCUT2D eigenvalue weighted by atomic mass is 32.1. The van der Waals surface area contributed by atoms with Crippen LogP contribution in [0.5, 0.6) is 0 Å². The average molecular weight is 266 g/mol. The van der Waals surface area contributed by atoms with E-state index in [-0.39, 0.29) is 0 Å². The zero-order chi connectivity index (χ0) is 12.8. The van der Waals surface area contributed by atoms with Crippen LogP contribution in [-0.2, 0) is 6.42 Å². The molecule has 2 nitrogen and oxygen atoms in total. The summed E-state index contributed by atoms with van der Waals surface area (Å²) in [4.78, 5) is 4.49. The van der Waals surface area contributed by atoms with Gasteiger partial charge >= 0.3 is 0 Å². The van der Waals surface area contributed by atoms with Crippen LogP contribution in [0.3, 0.4) is 0 Å². The van der Waals surface area contributed by atoms with E-state index in [9.17, 15) is 0 Å². The smallest absolute Gasteiger partial charge is 0.0794 e. The van der Waals surface area contributed by atoms with Crippen LogP contribution < -0.4 is 5.32 Å². The number of nitrogens with one attached hydrogen (secondary N) is 1. The molecule has 3 heteroatoms. The van der Waals surface area contributed by atoms with E-state index in [1.807, 2.05) is 5.51 Å². The molecule has 1 aliphatic rings. The standard InChI is InChI=1S/C15H26N2S/c1-13(2)9-16-11-15(6-4-3-5-7-15)8-14-10-18-12-17-14/h10,12-13,16H,3-9,11H2,1-2H3. The summed E-state index contributed by atoms with van der Waals surface area (Å²) in [7, 11) is 0. The Kier molecular flexibility index (Phi) is 5.19. The van der Waals surface area contributed by atoms with Gasteiger partial charge in [0.2, 0.25) is 0 Å². The van der Waals surface area contributed by atoms with E-state index < -0.39 is 0 Å². The molecule has 1 aliphatic carbocycles. The molecule has 0 bridgehead atoms. The molecule has 2 rings (SSSR count). The van der Waals surface area contributed by atoms with Crippen LogP contribution in [0.25, 0.3) is 0 Å². The third kappa shape index (κ3) is 4.06. The lowest BCUT2D eigenvalue weighted by molar-refractivity contribution is 0.177. The van der Waals surface area contributed by atoms with Gasteiger partial charge < -0.3 is 5.32 Å². The Bertz CT molecular complexity index is 326. The molecule has 0 radical (unpaired) electrons. The van der Waals surface area contributed by atoms with E-state index in [4.69, 9.17) is 0 Å². The minimum absolute atomic E-state index is 0.473. The molecule has 1 N–H and O–H groups in total. The summed E-state index contributed by atoms with van der Waals surface area (Å²) in [5, 5.41) is 5.90. The molecule has 0 aromatic carbocycles. The SMILES string of the molecule is CC(C)CNCC1(Cc2cscn2)CCCCC1. The summed E-state index contributed by atoms with van der Waals surface area (Å²) in [5.74, 6) is 0.741. The second-order valence-electron chi connectivity index (χ2n) is 6.24. The van der Waals surface area contributed by atoms with Gasteiger partial charge in [0.05, 0.1) is 11.2 Å². The molecule has 1 heterocycles. The van der Waals surface area contributed by atoms with Crippen molar-refractivity contribution in [1.82, 2.24) is 10.3 Å². The largest absolute Gasteiger partial charge is 0.316 e. The average Bonchev–Trinajstić information content (AvgIpc) is 2.82. The van der Waals surface area contributed by atoms with Gasteiger partial charge in [0.25, 0.3) is 0 Å². The van der Waals surface area contributed by atoms with Crippen LogP contribution in [0.4, 0.5) is 0 Å². The molecule has 0 unspecified atom stereocenters. The summed E-state index contributed by atoms with van der Waals surface area (Å²) in [6.45, 7) is 6.86. The van der Waals surface area contributed by atoms with Crippen molar-refractivity contribution in [1.29, 1.82) is 0 Å². The minimum atomic E-state index is 0.473. The quantitative estimate of drug-likeness (QED) is 0.845.